The minimum Gasteiger partial charge on any atom is -0.368 e. The van der Waals surface area contributed by atoms with Gasteiger partial charge in [-0.1, -0.05) is 22.9 Å². The zero-order valence-electron chi connectivity index (χ0n) is 21.8. The highest BCUT2D eigenvalue weighted by atomic mass is 35.5. The molecule has 0 saturated carbocycles. The minimum atomic E-state index is -0.170. The van der Waals surface area contributed by atoms with Gasteiger partial charge in [-0.2, -0.15) is 5.10 Å². The van der Waals surface area contributed by atoms with Gasteiger partial charge in [0.15, 0.2) is 5.13 Å². The van der Waals surface area contributed by atoms with Crippen molar-refractivity contribution in [2.75, 3.05) is 24.7 Å². The molecule has 196 valence electrons. The smallest absolute Gasteiger partial charge is 0.253 e. The van der Waals surface area contributed by atoms with Gasteiger partial charge < -0.3 is 15.5 Å². The normalized spacial score (nSPS) is 12.2. The number of carbonyl (C=O) groups excluding carboxylic acids is 2. The summed E-state index contributed by atoms with van der Waals surface area (Å²) in [6.07, 6.45) is 3.27. The first kappa shape index (κ1) is 25.9. The van der Waals surface area contributed by atoms with Gasteiger partial charge in [0.05, 0.1) is 32.7 Å². The molecule has 3 aromatic heterocycles. The quantitative estimate of drug-likeness (QED) is 0.338. The molecule has 1 aliphatic rings. The van der Waals surface area contributed by atoms with E-state index in [9.17, 15) is 9.59 Å². The molecule has 9 nitrogen and oxygen atoms in total. The van der Waals surface area contributed by atoms with Crippen LogP contribution in [0.5, 0.6) is 0 Å². The number of halogens is 1. The molecule has 0 spiro atoms. The molecule has 1 aliphatic carbocycles. The molecule has 2 amide bonds. The van der Waals surface area contributed by atoms with Gasteiger partial charge in [0.2, 0.25) is 5.91 Å². The fraction of sp³-hybridized carbons (Fsp3) is 0.296. The number of amides is 2. The van der Waals surface area contributed by atoms with E-state index in [0.29, 0.717) is 21.4 Å². The third-order valence-electron chi connectivity index (χ3n) is 6.09. The van der Waals surface area contributed by atoms with Crippen molar-refractivity contribution in [2.45, 2.75) is 39.7 Å². The van der Waals surface area contributed by atoms with Crippen LogP contribution in [-0.4, -0.2) is 56.6 Å². The number of anilines is 2. The fourth-order valence-electron chi connectivity index (χ4n) is 4.47. The average molecular weight is 550 g/mol. The Morgan fingerprint density at radius 2 is 1.95 bits per heavy atom. The van der Waals surface area contributed by atoms with Crippen LogP contribution in [0.1, 0.15) is 42.4 Å². The molecule has 11 heteroatoms. The zero-order valence-corrected chi connectivity index (χ0v) is 23.4. The summed E-state index contributed by atoms with van der Waals surface area (Å²) in [5, 5.41) is 12.1. The number of rotatable bonds is 6. The van der Waals surface area contributed by atoms with Crippen LogP contribution in [0.25, 0.3) is 27.5 Å². The lowest BCUT2D eigenvalue weighted by Gasteiger charge is -2.16. The summed E-state index contributed by atoms with van der Waals surface area (Å²) in [6, 6.07) is 9.46. The Labute approximate surface area is 229 Å². The summed E-state index contributed by atoms with van der Waals surface area (Å²) in [6.45, 7) is 5.60. The van der Waals surface area contributed by atoms with Crippen molar-refractivity contribution in [1.82, 2.24) is 24.6 Å². The monoisotopic (exact) mass is 549 g/mol. The maximum absolute atomic E-state index is 12.5. The lowest BCUT2D eigenvalue weighted by Crippen LogP contribution is -2.21. The van der Waals surface area contributed by atoms with Crippen LogP contribution in [0.4, 0.5) is 10.9 Å². The highest BCUT2D eigenvalue weighted by Gasteiger charge is 2.30. The Morgan fingerprint density at radius 1 is 1.16 bits per heavy atom. The van der Waals surface area contributed by atoms with E-state index in [-0.39, 0.29) is 17.9 Å². The Kier molecular flexibility index (Phi) is 6.93. The lowest BCUT2D eigenvalue weighted by molar-refractivity contribution is -0.114. The van der Waals surface area contributed by atoms with Crippen molar-refractivity contribution in [3.63, 3.8) is 0 Å². The number of fused-ring (bicyclic) bond motifs is 3. The second-order valence-corrected chi connectivity index (χ2v) is 11.1. The van der Waals surface area contributed by atoms with Gasteiger partial charge >= 0.3 is 0 Å². The molecule has 0 unspecified atom stereocenters. The summed E-state index contributed by atoms with van der Waals surface area (Å²) in [7, 11) is 3.41. The van der Waals surface area contributed by atoms with Crippen LogP contribution < -0.4 is 10.6 Å². The Bertz CT molecular complexity index is 1540. The number of benzene rings is 1. The maximum Gasteiger partial charge on any atom is 0.253 e. The highest BCUT2D eigenvalue weighted by molar-refractivity contribution is 7.19. The maximum atomic E-state index is 12.5. The van der Waals surface area contributed by atoms with Crippen LogP contribution in [0.3, 0.4) is 0 Å². The van der Waals surface area contributed by atoms with E-state index in [0.717, 1.165) is 51.7 Å². The van der Waals surface area contributed by atoms with Crippen LogP contribution >= 0.6 is 22.9 Å². The molecule has 3 heterocycles. The number of aromatic nitrogens is 4. The Balaban J connectivity index is 1.67. The standard InChI is InChI=1S/C27H28ClN7O2S/c1-14(2)30-22-11-7-17(13-29-22)23-18-8-9-20-25(38-27(32-20)31-15(3)36)24(18)35(33-23)21-10-6-16(12-19(21)28)26(37)34(4)5/h6-7,10-14H,8-9H2,1-5H3,(H,29,30)(H,31,32,36). The number of hydrogen-bond acceptors (Lipinski definition) is 7. The van der Waals surface area contributed by atoms with Crippen molar-refractivity contribution in [3.8, 4) is 27.5 Å². The first-order valence-corrected chi connectivity index (χ1v) is 13.5. The molecule has 0 atom stereocenters. The van der Waals surface area contributed by atoms with Gasteiger partial charge in [0, 0.05) is 49.9 Å². The van der Waals surface area contributed by atoms with Gasteiger partial charge in [0.1, 0.15) is 5.82 Å². The molecule has 0 aliphatic heterocycles. The zero-order chi connectivity index (χ0) is 27.1. The van der Waals surface area contributed by atoms with E-state index >= 15 is 0 Å². The molecule has 0 bridgehead atoms. The molecule has 0 saturated heterocycles. The van der Waals surface area contributed by atoms with Gasteiger partial charge in [-0.15, -0.1) is 0 Å². The van der Waals surface area contributed by atoms with Crippen molar-refractivity contribution < 1.29 is 9.59 Å². The molecule has 4 aromatic rings. The second kappa shape index (κ2) is 10.2. The number of aryl methyl sites for hydroxylation is 1. The van der Waals surface area contributed by atoms with Crippen molar-refractivity contribution in [2.24, 2.45) is 0 Å². The van der Waals surface area contributed by atoms with Crippen LogP contribution in [0, 0.1) is 0 Å². The third kappa shape index (κ3) is 4.89. The van der Waals surface area contributed by atoms with Crippen molar-refractivity contribution >= 4 is 45.7 Å². The molecule has 0 fully saturated rings. The average Bonchev–Trinajstić information content (AvgIpc) is 3.44. The topological polar surface area (TPSA) is 105 Å². The van der Waals surface area contributed by atoms with E-state index in [4.69, 9.17) is 16.7 Å². The molecule has 0 radical (unpaired) electrons. The fourth-order valence-corrected chi connectivity index (χ4v) is 5.84. The van der Waals surface area contributed by atoms with Gasteiger partial charge in [0.25, 0.3) is 5.91 Å². The lowest BCUT2D eigenvalue weighted by atomic mass is 9.95. The van der Waals surface area contributed by atoms with E-state index in [1.807, 2.05) is 29.1 Å². The predicted molar refractivity (Wildman–Crippen MR) is 151 cm³/mol. The summed E-state index contributed by atoms with van der Waals surface area (Å²) < 4.78 is 1.82. The Morgan fingerprint density at radius 3 is 2.58 bits per heavy atom. The Hall–Kier alpha value is -3.76. The van der Waals surface area contributed by atoms with E-state index in [1.54, 1.807) is 26.2 Å². The van der Waals surface area contributed by atoms with Crippen molar-refractivity contribution in [3.05, 3.63) is 58.4 Å². The molecule has 38 heavy (non-hydrogen) atoms. The van der Waals surface area contributed by atoms with Crippen LogP contribution in [0.15, 0.2) is 36.5 Å². The van der Waals surface area contributed by atoms with Gasteiger partial charge in [-0.3, -0.25) is 9.59 Å². The summed E-state index contributed by atoms with van der Waals surface area (Å²) in [5.74, 6) is 0.495. The highest BCUT2D eigenvalue weighted by Crippen LogP contribution is 2.44. The summed E-state index contributed by atoms with van der Waals surface area (Å²) in [4.78, 5) is 35.9. The number of thiazole rings is 1. The molecular formula is C27H28ClN7O2S. The number of nitrogens with zero attached hydrogens (tertiary/aromatic N) is 5. The van der Waals surface area contributed by atoms with Gasteiger partial charge in [-0.05, 0) is 57.0 Å². The summed E-state index contributed by atoms with van der Waals surface area (Å²) >= 11 is 8.18. The van der Waals surface area contributed by atoms with E-state index in [2.05, 4.69) is 34.4 Å². The summed E-state index contributed by atoms with van der Waals surface area (Å²) in [5.41, 5.74) is 5.70. The molecule has 2 N–H and O–H groups in total. The predicted octanol–water partition coefficient (Wildman–Crippen LogP) is 5.29. The van der Waals surface area contributed by atoms with Gasteiger partial charge in [-0.25, -0.2) is 14.6 Å². The van der Waals surface area contributed by atoms with Crippen molar-refractivity contribution in [1.29, 1.82) is 0 Å². The molecule has 5 rings (SSSR count). The SMILES string of the molecule is CC(=O)Nc1nc2c(s1)-c1c(c(-c3ccc(NC(C)C)nc3)nn1-c1ccc(C(=O)N(C)C)cc1Cl)CC2. The van der Waals surface area contributed by atoms with E-state index < -0.39 is 0 Å². The van der Waals surface area contributed by atoms with Crippen LogP contribution in [0.2, 0.25) is 5.02 Å². The van der Waals surface area contributed by atoms with E-state index in [1.165, 1.54) is 23.2 Å². The number of nitrogens with one attached hydrogen (secondary N) is 2. The molecular weight excluding hydrogens is 522 g/mol. The minimum absolute atomic E-state index is 0.132. The number of carbonyl (C=O) groups is 2. The first-order chi connectivity index (χ1) is 18.1. The third-order valence-corrected chi connectivity index (χ3v) is 7.42. The first-order valence-electron chi connectivity index (χ1n) is 12.3. The largest absolute Gasteiger partial charge is 0.368 e. The van der Waals surface area contributed by atoms with Crippen LogP contribution in [-0.2, 0) is 17.6 Å². The molecule has 1 aromatic carbocycles. The number of hydrogen-bond donors (Lipinski definition) is 2. The second-order valence-electron chi connectivity index (χ2n) is 9.66. The number of pyridine rings is 1.